The van der Waals surface area contributed by atoms with Crippen LogP contribution in [0.4, 0.5) is 8.78 Å². The summed E-state index contributed by atoms with van der Waals surface area (Å²) in [5, 5.41) is 3.42. The van der Waals surface area contributed by atoms with Crippen LogP contribution in [-0.4, -0.2) is 16.4 Å². The SMILES string of the molecule is Cc1cc(CNC2(C)CCC(F)(F)CC2)ccn1. The molecule has 1 heterocycles. The zero-order valence-corrected chi connectivity index (χ0v) is 11.0. The van der Waals surface area contributed by atoms with E-state index in [-0.39, 0.29) is 18.4 Å². The van der Waals surface area contributed by atoms with Crippen molar-refractivity contribution in [3.05, 3.63) is 29.6 Å². The van der Waals surface area contributed by atoms with Crippen LogP contribution in [0.3, 0.4) is 0 Å². The van der Waals surface area contributed by atoms with Crippen molar-refractivity contribution in [2.45, 2.75) is 57.5 Å². The van der Waals surface area contributed by atoms with E-state index in [0.717, 1.165) is 11.3 Å². The van der Waals surface area contributed by atoms with Gasteiger partial charge in [0.15, 0.2) is 0 Å². The molecule has 0 amide bonds. The van der Waals surface area contributed by atoms with Crippen molar-refractivity contribution in [3.8, 4) is 0 Å². The Balaban J connectivity index is 1.90. The van der Waals surface area contributed by atoms with Crippen LogP contribution in [0.2, 0.25) is 0 Å². The van der Waals surface area contributed by atoms with Gasteiger partial charge in [-0.2, -0.15) is 0 Å². The number of aromatic nitrogens is 1. The number of hydrogen-bond donors (Lipinski definition) is 1. The summed E-state index contributed by atoms with van der Waals surface area (Å²) in [6, 6.07) is 3.98. The number of nitrogens with zero attached hydrogens (tertiary/aromatic N) is 1. The molecule has 0 aliphatic heterocycles. The van der Waals surface area contributed by atoms with E-state index in [1.165, 1.54) is 0 Å². The van der Waals surface area contributed by atoms with Crippen LogP contribution in [0.25, 0.3) is 0 Å². The van der Waals surface area contributed by atoms with Crippen LogP contribution >= 0.6 is 0 Å². The molecule has 1 fully saturated rings. The van der Waals surface area contributed by atoms with Gasteiger partial charge in [0.05, 0.1) is 0 Å². The number of rotatable bonds is 3. The smallest absolute Gasteiger partial charge is 0.248 e. The number of hydrogen-bond acceptors (Lipinski definition) is 2. The van der Waals surface area contributed by atoms with Crippen LogP contribution in [0.1, 0.15) is 43.9 Å². The highest BCUT2D eigenvalue weighted by molar-refractivity contribution is 5.15. The minimum Gasteiger partial charge on any atom is -0.307 e. The second kappa shape index (κ2) is 4.92. The van der Waals surface area contributed by atoms with E-state index < -0.39 is 5.92 Å². The molecule has 0 saturated heterocycles. The zero-order chi connectivity index (χ0) is 13.2. The minimum absolute atomic E-state index is 0.00806. The Morgan fingerprint density at radius 1 is 1.28 bits per heavy atom. The summed E-state index contributed by atoms with van der Waals surface area (Å²) in [6.07, 6.45) is 2.83. The zero-order valence-electron chi connectivity index (χ0n) is 11.0. The van der Waals surface area contributed by atoms with Crippen molar-refractivity contribution in [2.75, 3.05) is 0 Å². The number of aryl methyl sites for hydroxylation is 1. The molecule has 0 atom stereocenters. The van der Waals surface area contributed by atoms with E-state index in [1.54, 1.807) is 6.20 Å². The summed E-state index contributed by atoms with van der Waals surface area (Å²) >= 11 is 0. The van der Waals surface area contributed by atoms with E-state index in [0.29, 0.717) is 19.4 Å². The van der Waals surface area contributed by atoms with Crippen molar-refractivity contribution in [2.24, 2.45) is 0 Å². The van der Waals surface area contributed by atoms with Crippen molar-refractivity contribution in [1.82, 2.24) is 10.3 Å². The van der Waals surface area contributed by atoms with E-state index >= 15 is 0 Å². The lowest BCUT2D eigenvalue weighted by Gasteiger charge is -2.38. The summed E-state index contributed by atoms with van der Waals surface area (Å²) in [7, 11) is 0. The summed E-state index contributed by atoms with van der Waals surface area (Å²) < 4.78 is 26.3. The molecule has 1 aromatic rings. The molecule has 1 saturated carbocycles. The first-order valence-electron chi connectivity index (χ1n) is 6.43. The highest BCUT2D eigenvalue weighted by Gasteiger charge is 2.40. The van der Waals surface area contributed by atoms with Gasteiger partial charge in [0.2, 0.25) is 5.92 Å². The predicted octanol–water partition coefficient (Wildman–Crippen LogP) is 3.45. The summed E-state index contributed by atoms with van der Waals surface area (Å²) in [6.45, 7) is 4.70. The molecule has 0 unspecified atom stereocenters. The van der Waals surface area contributed by atoms with Crippen LogP contribution in [0.15, 0.2) is 18.3 Å². The van der Waals surface area contributed by atoms with Crippen molar-refractivity contribution >= 4 is 0 Å². The van der Waals surface area contributed by atoms with Gasteiger partial charge in [-0.05, 0) is 44.4 Å². The lowest BCUT2D eigenvalue weighted by atomic mass is 9.81. The normalized spacial score (nSPS) is 21.8. The first-order valence-corrected chi connectivity index (χ1v) is 6.43. The van der Waals surface area contributed by atoms with Crippen LogP contribution in [-0.2, 0) is 6.54 Å². The maximum Gasteiger partial charge on any atom is 0.248 e. The Morgan fingerprint density at radius 2 is 1.94 bits per heavy atom. The predicted molar refractivity (Wildman–Crippen MR) is 67.6 cm³/mol. The van der Waals surface area contributed by atoms with Gasteiger partial charge >= 0.3 is 0 Å². The van der Waals surface area contributed by atoms with Crippen LogP contribution < -0.4 is 5.32 Å². The standard InChI is InChI=1S/C14H20F2N2/c1-11-9-12(3-8-17-11)10-18-13(2)4-6-14(15,16)7-5-13/h3,8-9,18H,4-7,10H2,1-2H3. The fourth-order valence-electron chi connectivity index (χ4n) is 2.37. The lowest BCUT2D eigenvalue weighted by Crippen LogP contribution is -2.47. The summed E-state index contributed by atoms with van der Waals surface area (Å²) in [5.74, 6) is -2.46. The minimum atomic E-state index is -2.46. The van der Waals surface area contributed by atoms with Gasteiger partial charge in [-0.3, -0.25) is 4.98 Å². The van der Waals surface area contributed by atoms with E-state index in [4.69, 9.17) is 0 Å². The van der Waals surface area contributed by atoms with Gasteiger partial charge < -0.3 is 5.32 Å². The fraction of sp³-hybridized carbons (Fsp3) is 0.643. The average Bonchev–Trinajstić information content (AvgIpc) is 2.32. The topological polar surface area (TPSA) is 24.9 Å². The van der Waals surface area contributed by atoms with E-state index in [1.807, 2.05) is 26.0 Å². The Bertz CT molecular complexity index is 408. The monoisotopic (exact) mass is 254 g/mol. The second-order valence-corrected chi connectivity index (χ2v) is 5.58. The Labute approximate surface area is 107 Å². The van der Waals surface area contributed by atoms with Crippen molar-refractivity contribution in [1.29, 1.82) is 0 Å². The molecule has 1 aromatic heterocycles. The number of halogens is 2. The number of nitrogens with one attached hydrogen (secondary N) is 1. The fourth-order valence-corrected chi connectivity index (χ4v) is 2.37. The second-order valence-electron chi connectivity index (χ2n) is 5.58. The molecule has 0 spiro atoms. The van der Waals surface area contributed by atoms with Gasteiger partial charge in [-0.15, -0.1) is 0 Å². The van der Waals surface area contributed by atoms with Crippen molar-refractivity contribution in [3.63, 3.8) is 0 Å². The van der Waals surface area contributed by atoms with Crippen LogP contribution in [0, 0.1) is 6.92 Å². The average molecular weight is 254 g/mol. The molecule has 0 bridgehead atoms. The van der Waals surface area contributed by atoms with Gasteiger partial charge in [0, 0.05) is 36.8 Å². The third kappa shape index (κ3) is 3.48. The molecule has 1 aliphatic carbocycles. The molecule has 18 heavy (non-hydrogen) atoms. The Morgan fingerprint density at radius 3 is 2.56 bits per heavy atom. The van der Waals surface area contributed by atoms with Gasteiger partial charge in [0.25, 0.3) is 0 Å². The molecule has 2 rings (SSSR count). The molecule has 0 radical (unpaired) electrons. The first-order chi connectivity index (χ1) is 8.39. The van der Waals surface area contributed by atoms with E-state index in [9.17, 15) is 8.78 Å². The quantitative estimate of drug-likeness (QED) is 0.893. The number of alkyl halides is 2. The highest BCUT2D eigenvalue weighted by atomic mass is 19.3. The lowest BCUT2D eigenvalue weighted by molar-refractivity contribution is -0.0535. The first kappa shape index (κ1) is 13.4. The molecular weight excluding hydrogens is 234 g/mol. The molecule has 1 aliphatic rings. The van der Waals surface area contributed by atoms with Crippen LogP contribution in [0.5, 0.6) is 0 Å². The third-order valence-electron chi connectivity index (χ3n) is 3.77. The maximum absolute atomic E-state index is 13.1. The molecule has 4 heteroatoms. The Hall–Kier alpha value is -1.03. The molecule has 1 N–H and O–H groups in total. The van der Waals surface area contributed by atoms with Crippen molar-refractivity contribution < 1.29 is 8.78 Å². The van der Waals surface area contributed by atoms with Gasteiger partial charge in [0.1, 0.15) is 0 Å². The van der Waals surface area contributed by atoms with E-state index in [2.05, 4.69) is 10.3 Å². The number of pyridine rings is 1. The third-order valence-corrected chi connectivity index (χ3v) is 3.77. The molecular formula is C14H20F2N2. The molecule has 100 valence electrons. The largest absolute Gasteiger partial charge is 0.307 e. The summed E-state index contributed by atoms with van der Waals surface area (Å²) in [5.41, 5.74) is 1.97. The Kier molecular flexibility index (Phi) is 3.66. The molecule has 2 nitrogen and oxygen atoms in total. The molecule has 0 aromatic carbocycles. The van der Waals surface area contributed by atoms with Gasteiger partial charge in [-0.1, -0.05) is 0 Å². The summed E-state index contributed by atoms with van der Waals surface area (Å²) in [4.78, 5) is 4.14. The maximum atomic E-state index is 13.1. The highest BCUT2D eigenvalue weighted by Crippen LogP contribution is 2.38. The van der Waals surface area contributed by atoms with Gasteiger partial charge in [-0.25, -0.2) is 8.78 Å².